The molecular weight excluding hydrogens is 257 g/mol. The molecule has 0 fully saturated rings. The van der Waals surface area contributed by atoms with E-state index >= 15 is 0 Å². The standard InChI is InChI=1S/C13H11Cl2NO/c1-9-5-6-13(17)16(7-9)8-10-11(14)3-2-4-12(10)15/h2-7H,8H2,1H3. The third kappa shape index (κ3) is 2.71. The van der Waals surface area contributed by atoms with Crippen LogP contribution in [0.1, 0.15) is 11.1 Å². The van der Waals surface area contributed by atoms with Crippen LogP contribution in [-0.2, 0) is 6.54 Å². The van der Waals surface area contributed by atoms with Crippen molar-refractivity contribution in [2.75, 3.05) is 0 Å². The first-order valence-electron chi connectivity index (χ1n) is 5.18. The Hall–Kier alpha value is -1.25. The maximum atomic E-state index is 11.7. The number of nitrogens with zero attached hydrogens (tertiary/aromatic N) is 1. The molecule has 4 heteroatoms. The quantitative estimate of drug-likeness (QED) is 0.816. The van der Waals surface area contributed by atoms with Gasteiger partial charge >= 0.3 is 0 Å². The average Bonchev–Trinajstić information content (AvgIpc) is 2.28. The van der Waals surface area contributed by atoms with Crippen molar-refractivity contribution >= 4 is 23.2 Å². The van der Waals surface area contributed by atoms with E-state index in [4.69, 9.17) is 23.2 Å². The first-order valence-corrected chi connectivity index (χ1v) is 5.93. The number of pyridine rings is 1. The Kier molecular flexibility index (Phi) is 3.55. The van der Waals surface area contributed by atoms with E-state index in [-0.39, 0.29) is 5.56 Å². The second kappa shape index (κ2) is 4.94. The summed E-state index contributed by atoms with van der Waals surface area (Å²) in [6.45, 7) is 2.32. The minimum atomic E-state index is -0.0633. The second-order valence-electron chi connectivity index (χ2n) is 3.87. The Morgan fingerprint density at radius 2 is 1.76 bits per heavy atom. The van der Waals surface area contributed by atoms with Crippen molar-refractivity contribution in [1.82, 2.24) is 4.57 Å². The Morgan fingerprint density at radius 1 is 1.12 bits per heavy atom. The predicted molar refractivity (Wildman–Crippen MR) is 71.0 cm³/mol. The van der Waals surface area contributed by atoms with E-state index in [0.717, 1.165) is 11.1 Å². The van der Waals surface area contributed by atoms with E-state index in [9.17, 15) is 4.79 Å². The highest BCUT2D eigenvalue weighted by molar-refractivity contribution is 6.35. The number of benzene rings is 1. The number of hydrogen-bond acceptors (Lipinski definition) is 1. The van der Waals surface area contributed by atoms with E-state index in [1.807, 2.05) is 6.92 Å². The first kappa shape index (κ1) is 12.2. The van der Waals surface area contributed by atoms with E-state index in [1.54, 1.807) is 41.1 Å². The van der Waals surface area contributed by atoms with Crippen LogP contribution in [0.25, 0.3) is 0 Å². The molecule has 0 aliphatic carbocycles. The summed E-state index contributed by atoms with van der Waals surface area (Å²) in [5.41, 5.74) is 1.72. The average molecular weight is 268 g/mol. The number of rotatable bonds is 2. The maximum absolute atomic E-state index is 11.7. The lowest BCUT2D eigenvalue weighted by atomic mass is 10.2. The van der Waals surface area contributed by atoms with Gasteiger partial charge in [0.25, 0.3) is 5.56 Å². The highest BCUT2D eigenvalue weighted by Gasteiger charge is 2.07. The lowest BCUT2D eigenvalue weighted by Crippen LogP contribution is -2.19. The molecule has 1 aromatic carbocycles. The minimum Gasteiger partial charge on any atom is -0.311 e. The van der Waals surface area contributed by atoms with Crippen molar-refractivity contribution in [2.24, 2.45) is 0 Å². The summed E-state index contributed by atoms with van der Waals surface area (Å²) in [7, 11) is 0. The molecule has 0 saturated carbocycles. The monoisotopic (exact) mass is 267 g/mol. The molecule has 0 aliphatic heterocycles. The summed E-state index contributed by atoms with van der Waals surface area (Å²) in [4.78, 5) is 11.7. The molecule has 0 radical (unpaired) electrons. The molecule has 17 heavy (non-hydrogen) atoms. The molecule has 0 aliphatic rings. The van der Waals surface area contributed by atoms with Crippen LogP contribution in [0.15, 0.2) is 41.3 Å². The Morgan fingerprint density at radius 3 is 2.41 bits per heavy atom. The highest BCUT2D eigenvalue weighted by atomic mass is 35.5. The molecule has 2 aromatic rings. The third-order valence-corrected chi connectivity index (χ3v) is 3.23. The summed E-state index contributed by atoms with van der Waals surface area (Å²) >= 11 is 12.1. The Bertz CT molecular complexity index is 584. The molecule has 0 bridgehead atoms. The highest BCUT2D eigenvalue weighted by Crippen LogP contribution is 2.24. The van der Waals surface area contributed by atoms with Crippen LogP contribution in [-0.4, -0.2) is 4.57 Å². The molecule has 2 rings (SSSR count). The summed E-state index contributed by atoms with van der Waals surface area (Å²) in [6, 6.07) is 8.65. The van der Waals surface area contributed by atoms with Gasteiger partial charge < -0.3 is 4.57 Å². The summed E-state index contributed by atoms with van der Waals surface area (Å²) in [5, 5.41) is 1.15. The van der Waals surface area contributed by atoms with E-state index in [2.05, 4.69) is 0 Å². The van der Waals surface area contributed by atoms with Crippen molar-refractivity contribution < 1.29 is 0 Å². The van der Waals surface area contributed by atoms with E-state index < -0.39 is 0 Å². The SMILES string of the molecule is Cc1ccc(=O)n(Cc2c(Cl)cccc2Cl)c1. The molecule has 0 spiro atoms. The van der Waals surface area contributed by atoms with Crippen molar-refractivity contribution in [1.29, 1.82) is 0 Å². The Labute approximate surface area is 109 Å². The van der Waals surface area contributed by atoms with Crippen LogP contribution >= 0.6 is 23.2 Å². The fraction of sp³-hybridized carbons (Fsp3) is 0.154. The number of hydrogen-bond donors (Lipinski definition) is 0. The molecule has 2 nitrogen and oxygen atoms in total. The van der Waals surface area contributed by atoms with Crippen molar-refractivity contribution in [3.05, 3.63) is 68.1 Å². The largest absolute Gasteiger partial charge is 0.311 e. The number of halogens is 2. The molecule has 88 valence electrons. The molecule has 0 saturated heterocycles. The summed E-state index contributed by atoms with van der Waals surface area (Å²) < 4.78 is 1.60. The first-order chi connectivity index (χ1) is 8.08. The van der Waals surface area contributed by atoms with Gasteiger partial charge in [0.2, 0.25) is 0 Å². The number of aromatic nitrogens is 1. The zero-order valence-electron chi connectivity index (χ0n) is 9.28. The zero-order valence-corrected chi connectivity index (χ0v) is 10.8. The molecule has 0 amide bonds. The topological polar surface area (TPSA) is 22.0 Å². The van der Waals surface area contributed by atoms with Crippen molar-refractivity contribution in [2.45, 2.75) is 13.5 Å². The van der Waals surface area contributed by atoms with Gasteiger partial charge in [-0.2, -0.15) is 0 Å². The normalized spacial score (nSPS) is 10.5. The summed E-state index contributed by atoms with van der Waals surface area (Å²) in [5.74, 6) is 0. The minimum absolute atomic E-state index is 0.0633. The van der Waals surface area contributed by atoms with Crippen LogP contribution in [0, 0.1) is 6.92 Å². The van der Waals surface area contributed by atoms with Gasteiger partial charge in [-0.3, -0.25) is 4.79 Å². The van der Waals surface area contributed by atoms with Gasteiger partial charge in [0.05, 0.1) is 6.54 Å². The molecule has 1 aromatic heterocycles. The van der Waals surface area contributed by atoms with E-state index in [0.29, 0.717) is 16.6 Å². The van der Waals surface area contributed by atoms with Gasteiger partial charge in [-0.25, -0.2) is 0 Å². The molecular formula is C13H11Cl2NO. The molecule has 0 unspecified atom stereocenters. The van der Waals surface area contributed by atoms with Crippen LogP contribution in [0.3, 0.4) is 0 Å². The van der Waals surface area contributed by atoms with Crippen LogP contribution in [0.4, 0.5) is 0 Å². The zero-order chi connectivity index (χ0) is 12.4. The second-order valence-corrected chi connectivity index (χ2v) is 4.69. The van der Waals surface area contributed by atoms with Crippen LogP contribution in [0.2, 0.25) is 10.0 Å². The Balaban J connectivity index is 2.45. The van der Waals surface area contributed by atoms with Crippen molar-refractivity contribution in [3.8, 4) is 0 Å². The van der Waals surface area contributed by atoms with Crippen LogP contribution < -0.4 is 5.56 Å². The van der Waals surface area contributed by atoms with Gasteiger partial charge in [-0.05, 0) is 24.6 Å². The smallest absolute Gasteiger partial charge is 0.250 e. The molecule has 0 atom stereocenters. The fourth-order valence-electron chi connectivity index (χ4n) is 1.63. The molecule has 1 heterocycles. The molecule has 0 N–H and O–H groups in total. The fourth-order valence-corrected chi connectivity index (χ4v) is 2.15. The van der Waals surface area contributed by atoms with Crippen molar-refractivity contribution in [3.63, 3.8) is 0 Å². The van der Waals surface area contributed by atoms with Crippen LogP contribution in [0.5, 0.6) is 0 Å². The summed E-state index contributed by atoms with van der Waals surface area (Å²) in [6.07, 6.45) is 1.79. The lowest BCUT2D eigenvalue weighted by molar-refractivity contribution is 0.755. The van der Waals surface area contributed by atoms with Gasteiger partial charge in [-0.15, -0.1) is 0 Å². The predicted octanol–water partition coefficient (Wildman–Crippen LogP) is 3.51. The maximum Gasteiger partial charge on any atom is 0.250 e. The van der Waals surface area contributed by atoms with Gasteiger partial charge in [0.1, 0.15) is 0 Å². The van der Waals surface area contributed by atoms with Gasteiger partial charge in [0, 0.05) is 27.9 Å². The lowest BCUT2D eigenvalue weighted by Gasteiger charge is -2.09. The third-order valence-electron chi connectivity index (χ3n) is 2.52. The van der Waals surface area contributed by atoms with Gasteiger partial charge in [-0.1, -0.05) is 35.3 Å². The number of aryl methyl sites for hydroxylation is 1. The van der Waals surface area contributed by atoms with E-state index in [1.165, 1.54) is 0 Å². The van der Waals surface area contributed by atoms with Gasteiger partial charge in [0.15, 0.2) is 0 Å².